The van der Waals surface area contributed by atoms with Crippen LogP contribution < -0.4 is 14.2 Å². The smallest absolute Gasteiger partial charge is 0.410 e. The van der Waals surface area contributed by atoms with Crippen LogP contribution in [0.4, 0.5) is 4.79 Å². The van der Waals surface area contributed by atoms with Gasteiger partial charge in [-0.25, -0.2) is 4.79 Å². The number of nitrogens with zero attached hydrogens (tertiary/aromatic N) is 1. The van der Waals surface area contributed by atoms with Gasteiger partial charge in [0.1, 0.15) is 18.0 Å². The third-order valence-electron chi connectivity index (χ3n) is 2.99. The van der Waals surface area contributed by atoms with Gasteiger partial charge in [-0.3, -0.25) is 0 Å². The Bertz CT molecular complexity index is 551. The van der Waals surface area contributed by atoms with Crippen molar-refractivity contribution in [3.63, 3.8) is 0 Å². The Hall–Kier alpha value is -2.37. The van der Waals surface area contributed by atoms with E-state index in [9.17, 15) is 4.79 Å². The molecule has 0 saturated carbocycles. The first kappa shape index (κ1) is 19.7. The van der Waals surface area contributed by atoms with Crippen LogP contribution in [-0.2, 0) is 4.74 Å². The van der Waals surface area contributed by atoms with Crippen molar-refractivity contribution in [1.82, 2.24) is 4.90 Å². The van der Waals surface area contributed by atoms with Gasteiger partial charge in [0.05, 0.1) is 20.8 Å². The maximum Gasteiger partial charge on any atom is 0.410 e. The topological polar surface area (TPSA) is 57.2 Å². The summed E-state index contributed by atoms with van der Waals surface area (Å²) < 4.78 is 21.5. The van der Waals surface area contributed by atoms with E-state index >= 15 is 0 Å². The second-order valence-corrected chi connectivity index (χ2v) is 6.08. The summed E-state index contributed by atoms with van der Waals surface area (Å²) in [7, 11) is 3.14. The van der Waals surface area contributed by atoms with E-state index in [1.807, 2.05) is 20.8 Å². The number of benzene rings is 1. The van der Waals surface area contributed by atoms with E-state index in [2.05, 4.69) is 6.58 Å². The van der Waals surface area contributed by atoms with Crippen molar-refractivity contribution in [3.05, 3.63) is 30.9 Å². The standard InChI is InChI=1S/C18H27NO5/c1-7-10-19(17(20)24-18(2,3)4)11-12-23-14-8-9-15(21-5)16(13-14)22-6/h7-9,13H,1,10-12H2,2-6H3. The van der Waals surface area contributed by atoms with Crippen LogP contribution >= 0.6 is 0 Å². The Morgan fingerprint density at radius 3 is 2.42 bits per heavy atom. The molecule has 1 amide bonds. The van der Waals surface area contributed by atoms with E-state index in [0.717, 1.165) is 0 Å². The second kappa shape index (κ2) is 9.05. The number of methoxy groups -OCH3 is 2. The molecule has 6 nitrogen and oxygen atoms in total. The number of carbonyl (C=O) groups excluding carboxylic acids is 1. The fraction of sp³-hybridized carbons (Fsp3) is 0.500. The minimum Gasteiger partial charge on any atom is -0.493 e. The maximum absolute atomic E-state index is 12.1. The molecule has 0 aromatic heterocycles. The van der Waals surface area contributed by atoms with Gasteiger partial charge in [-0.1, -0.05) is 6.08 Å². The molecule has 0 aliphatic heterocycles. The van der Waals surface area contributed by atoms with E-state index in [-0.39, 0.29) is 0 Å². The van der Waals surface area contributed by atoms with Gasteiger partial charge in [-0.05, 0) is 32.9 Å². The van der Waals surface area contributed by atoms with Crippen molar-refractivity contribution in [2.75, 3.05) is 33.9 Å². The Morgan fingerprint density at radius 2 is 1.88 bits per heavy atom. The normalized spacial score (nSPS) is 10.7. The lowest BCUT2D eigenvalue weighted by atomic mass is 10.2. The van der Waals surface area contributed by atoms with Crippen LogP contribution in [0, 0.1) is 0 Å². The molecule has 0 fully saturated rings. The van der Waals surface area contributed by atoms with Crippen LogP contribution in [0.3, 0.4) is 0 Å². The van der Waals surface area contributed by atoms with Gasteiger partial charge in [-0.2, -0.15) is 0 Å². The van der Waals surface area contributed by atoms with Crippen molar-refractivity contribution in [3.8, 4) is 17.2 Å². The monoisotopic (exact) mass is 337 g/mol. The molecule has 6 heteroatoms. The molecule has 1 aromatic carbocycles. The molecule has 0 unspecified atom stereocenters. The van der Waals surface area contributed by atoms with E-state index in [1.165, 1.54) is 0 Å². The molecule has 1 aromatic rings. The fourth-order valence-corrected chi connectivity index (χ4v) is 1.92. The average molecular weight is 337 g/mol. The summed E-state index contributed by atoms with van der Waals surface area (Å²) in [4.78, 5) is 13.7. The van der Waals surface area contributed by atoms with Gasteiger partial charge in [-0.15, -0.1) is 6.58 Å². The molecule has 0 radical (unpaired) electrons. The number of ether oxygens (including phenoxy) is 4. The highest BCUT2D eigenvalue weighted by molar-refractivity contribution is 5.68. The molecular weight excluding hydrogens is 310 g/mol. The summed E-state index contributed by atoms with van der Waals surface area (Å²) in [6.45, 7) is 10.3. The van der Waals surface area contributed by atoms with Gasteiger partial charge < -0.3 is 23.8 Å². The number of rotatable bonds is 8. The first-order valence-corrected chi connectivity index (χ1v) is 7.74. The molecule has 1 rings (SSSR count). The third kappa shape index (κ3) is 6.40. The minimum absolute atomic E-state index is 0.322. The predicted octanol–water partition coefficient (Wildman–Crippen LogP) is 3.51. The Labute approximate surface area is 143 Å². The molecule has 0 aliphatic rings. The molecule has 0 bridgehead atoms. The quantitative estimate of drug-likeness (QED) is 0.680. The lowest BCUT2D eigenvalue weighted by Gasteiger charge is -2.26. The SMILES string of the molecule is C=CCN(CCOc1ccc(OC)c(OC)c1)C(=O)OC(C)(C)C. The van der Waals surface area contributed by atoms with Crippen molar-refractivity contribution < 1.29 is 23.7 Å². The third-order valence-corrected chi connectivity index (χ3v) is 2.99. The van der Waals surface area contributed by atoms with Crippen LogP contribution in [0.2, 0.25) is 0 Å². The summed E-state index contributed by atoms with van der Waals surface area (Å²) in [5.74, 6) is 1.85. The highest BCUT2D eigenvalue weighted by Gasteiger charge is 2.21. The summed E-state index contributed by atoms with van der Waals surface area (Å²) in [5.41, 5.74) is -0.541. The number of hydrogen-bond acceptors (Lipinski definition) is 5. The number of carbonyl (C=O) groups is 1. The number of amides is 1. The van der Waals surface area contributed by atoms with E-state index in [1.54, 1.807) is 43.4 Å². The van der Waals surface area contributed by atoms with E-state index < -0.39 is 11.7 Å². The fourth-order valence-electron chi connectivity index (χ4n) is 1.92. The molecule has 0 heterocycles. The molecule has 0 atom stereocenters. The van der Waals surface area contributed by atoms with Crippen molar-refractivity contribution in [2.45, 2.75) is 26.4 Å². The van der Waals surface area contributed by atoms with Gasteiger partial charge in [0.15, 0.2) is 11.5 Å². The summed E-state index contributed by atoms with van der Waals surface area (Å²) in [6.07, 6.45) is 1.26. The average Bonchev–Trinajstić information content (AvgIpc) is 2.52. The lowest BCUT2D eigenvalue weighted by Crippen LogP contribution is -2.39. The number of hydrogen-bond donors (Lipinski definition) is 0. The second-order valence-electron chi connectivity index (χ2n) is 6.08. The molecule has 0 spiro atoms. The van der Waals surface area contributed by atoms with Crippen LogP contribution in [0.15, 0.2) is 30.9 Å². The maximum atomic E-state index is 12.1. The van der Waals surface area contributed by atoms with E-state index in [4.69, 9.17) is 18.9 Å². The Morgan fingerprint density at radius 1 is 1.21 bits per heavy atom. The summed E-state index contributed by atoms with van der Waals surface area (Å²) in [6, 6.07) is 5.29. The highest BCUT2D eigenvalue weighted by Crippen LogP contribution is 2.30. The first-order chi connectivity index (χ1) is 11.3. The minimum atomic E-state index is -0.541. The van der Waals surface area contributed by atoms with Crippen molar-refractivity contribution >= 4 is 6.09 Å². The van der Waals surface area contributed by atoms with Gasteiger partial charge >= 0.3 is 6.09 Å². The molecule has 24 heavy (non-hydrogen) atoms. The van der Waals surface area contributed by atoms with Crippen LogP contribution in [0.1, 0.15) is 20.8 Å². The predicted molar refractivity (Wildman–Crippen MR) is 93.0 cm³/mol. The zero-order valence-corrected chi connectivity index (χ0v) is 15.1. The van der Waals surface area contributed by atoms with Crippen LogP contribution in [0.5, 0.6) is 17.2 Å². The zero-order chi connectivity index (χ0) is 18.2. The molecule has 0 aliphatic carbocycles. The molecule has 0 N–H and O–H groups in total. The first-order valence-electron chi connectivity index (χ1n) is 7.74. The highest BCUT2D eigenvalue weighted by atomic mass is 16.6. The van der Waals surface area contributed by atoms with Gasteiger partial charge in [0.2, 0.25) is 0 Å². The van der Waals surface area contributed by atoms with Gasteiger partial charge in [0, 0.05) is 12.6 Å². The molecular formula is C18H27NO5. The molecule has 0 saturated heterocycles. The van der Waals surface area contributed by atoms with Crippen molar-refractivity contribution in [2.24, 2.45) is 0 Å². The lowest BCUT2D eigenvalue weighted by molar-refractivity contribution is 0.0249. The zero-order valence-electron chi connectivity index (χ0n) is 15.1. The van der Waals surface area contributed by atoms with Crippen molar-refractivity contribution in [1.29, 1.82) is 0 Å². The largest absolute Gasteiger partial charge is 0.493 e. The summed E-state index contributed by atoms with van der Waals surface area (Å²) in [5, 5.41) is 0. The van der Waals surface area contributed by atoms with Crippen LogP contribution in [0.25, 0.3) is 0 Å². The van der Waals surface area contributed by atoms with Crippen LogP contribution in [-0.4, -0.2) is 50.5 Å². The van der Waals surface area contributed by atoms with E-state index in [0.29, 0.717) is 36.9 Å². The molecule has 134 valence electrons. The van der Waals surface area contributed by atoms with Gasteiger partial charge in [0.25, 0.3) is 0 Å². The summed E-state index contributed by atoms with van der Waals surface area (Å²) >= 11 is 0. The Kier molecular flexibility index (Phi) is 7.42. The Balaban J connectivity index is 2.62.